The van der Waals surface area contributed by atoms with Crippen molar-refractivity contribution >= 4 is 11.6 Å². The van der Waals surface area contributed by atoms with Gasteiger partial charge in [-0.1, -0.05) is 12.1 Å². The highest BCUT2D eigenvalue weighted by molar-refractivity contribution is 5.92. The van der Waals surface area contributed by atoms with Crippen LogP contribution in [0.4, 0.5) is 10.1 Å². The molecule has 2 aliphatic heterocycles. The zero-order chi connectivity index (χ0) is 21.8. The summed E-state index contributed by atoms with van der Waals surface area (Å²) in [4.78, 5) is 17.6. The summed E-state index contributed by atoms with van der Waals surface area (Å²) >= 11 is 0. The van der Waals surface area contributed by atoms with E-state index in [1.165, 1.54) is 17.7 Å². The topological polar surface area (TPSA) is 44.8 Å². The van der Waals surface area contributed by atoms with Crippen LogP contribution in [0.25, 0.3) is 0 Å². The minimum absolute atomic E-state index is 0.0163. The van der Waals surface area contributed by atoms with E-state index in [0.29, 0.717) is 17.6 Å². The van der Waals surface area contributed by atoms with Gasteiger partial charge in [0.25, 0.3) is 0 Å². The Kier molecular flexibility index (Phi) is 6.88. The second-order valence-electron chi connectivity index (χ2n) is 8.90. The Morgan fingerprint density at radius 2 is 1.77 bits per heavy atom. The van der Waals surface area contributed by atoms with Gasteiger partial charge < -0.3 is 15.0 Å². The van der Waals surface area contributed by atoms with Gasteiger partial charge in [-0.25, -0.2) is 4.39 Å². The van der Waals surface area contributed by atoms with E-state index in [4.69, 9.17) is 4.74 Å². The summed E-state index contributed by atoms with van der Waals surface area (Å²) < 4.78 is 18.3. The van der Waals surface area contributed by atoms with Gasteiger partial charge in [0.15, 0.2) is 0 Å². The Bertz CT molecular complexity index is 863. The molecule has 31 heavy (non-hydrogen) atoms. The van der Waals surface area contributed by atoms with Crippen molar-refractivity contribution in [1.82, 2.24) is 9.80 Å². The van der Waals surface area contributed by atoms with E-state index < -0.39 is 0 Å². The van der Waals surface area contributed by atoms with Crippen molar-refractivity contribution < 1.29 is 13.9 Å². The van der Waals surface area contributed by atoms with E-state index in [2.05, 4.69) is 34.3 Å². The standard InChI is InChI=1S/C25H32FN3O2/c1-28-17-20(25(30)27-22-7-5-21(26)6-8-22)15-24(28)19-11-13-29(14-12-19)16-18-3-9-23(31-2)10-4-18/h3-10,19-20,24H,11-17H2,1-2H3,(H,27,30)/t20-,24+/m0/s1. The Labute approximate surface area is 184 Å². The number of likely N-dealkylation sites (tertiary alicyclic amines) is 2. The van der Waals surface area contributed by atoms with Crippen LogP contribution in [-0.4, -0.2) is 55.5 Å². The van der Waals surface area contributed by atoms with E-state index in [1.54, 1.807) is 19.2 Å². The van der Waals surface area contributed by atoms with E-state index in [-0.39, 0.29) is 17.6 Å². The van der Waals surface area contributed by atoms with Crippen molar-refractivity contribution in [1.29, 1.82) is 0 Å². The minimum atomic E-state index is -0.294. The number of hydrogen-bond acceptors (Lipinski definition) is 4. The number of carbonyl (C=O) groups is 1. The smallest absolute Gasteiger partial charge is 0.228 e. The average Bonchev–Trinajstić information content (AvgIpc) is 3.18. The monoisotopic (exact) mass is 425 g/mol. The Hall–Kier alpha value is -2.44. The van der Waals surface area contributed by atoms with Crippen molar-refractivity contribution in [2.75, 3.05) is 39.1 Å². The molecule has 0 radical (unpaired) electrons. The van der Waals surface area contributed by atoms with Gasteiger partial charge in [-0.05, 0) is 87.3 Å². The summed E-state index contributed by atoms with van der Waals surface area (Å²) in [5, 5.41) is 2.95. The third-order valence-corrected chi connectivity index (χ3v) is 6.82. The molecule has 2 aromatic carbocycles. The lowest BCUT2D eigenvalue weighted by Gasteiger charge is -2.37. The Balaban J connectivity index is 1.26. The fourth-order valence-electron chi connectivity index (χ4n) is 5.03. The number of halogens is 1. The van der Waals surface area contributed by atoms with Crippen molar-refractivity contribution in [2.24, 2.45) is 11.8 Å². The lowest BCUT2D eigenvalue weighted by atomic mass is 9.86. The van der Waals surface area contributed by atoms with Gasteiger partial charge in [0.05, 0.1) is 13.0 Å². The number of hydrogen-bond donors (Lipinski definition) is 1. The maximum atomic E-state index is 13.1. The van der Waals surface area contributed by atoms with Gasteiger partial charge in [-0.15, -0.1) is 0 Å². The first-order valence-electron chi connectivity index (χ1n) is 11.1. The van der Waals surface area contributed by atoms with E-state index in [9.17, 15) is 9.18 Å². The summed E-state index contributed by atoms with van der Waals surface area (Å²) in [6, 6.07) is 14.7. The van der Waals surface area contributed by atoms with Crippen LogP contribution in [0.5, 0.6) is 5.75 Å². The molecule has 166 valence electrons. The second-order valence-corrected chi connectivity index (χ2v) is 8.90. The first kappa shape index (κ1) is 21.8. The summed E-state index contributed by atoms with van der Waals surface area (Å²) in [5.74, 6) is 1.25. The SMILES string of the molecule is COc1ccc(CN2CCC([C@H]3C[C@H](C(=O)Nc4ccc(F)cc4)CN3C)CC2)cc1. The molecule has 0 saturated carbocycles. The van der Waals surface area contributed by atoms with Gasteiger partial charge in [-0.2, -0.15) is 0 Å². The van der Waals surface area contributed by atoms with E-state index in [0.717, 1.165) is 51.2 Å². The van der Waals surface area contributed by atoms with Gasteiger partial charge >= 0.3 is 0 Å². The predicted molar refractivity (Wildman–Crippen MR) is 121 cm³/mol. The number of nitrogens with one attached hydrogen (secondary N) is 1. The Morgan fingerprint density at radius 1 is 1.10 bits per heavy atom. The lowest BCUT2D eigenvalue weighted by Crippen LogP contribution is -2.41. The fourth-order valence-corrected chi connectivity index (χ4v) is 5.03. The first-order valence-corrected chi connectivity index (χ1v) is 11.1. The molecule has 2 heterocycles. The van der Waals surface area contributed by atoms with Crippen LogP contribution in [0.2, 0.25) is 0 Å². The molecular formula is C25H32FN3O2. The fraction of sp³-hybridized carbons (Fsp3) is 0.480. The summed E-state index contributed by atoms with van der Waals surface area (Å²) in [6.45, 7) is 3.94. The van der Waals surface area contributed by atoms with Gasteiger partial charge in [0.2, 0.25) is 5.91 Å². The van der Waals surface area contributed by atoms with Gasteiger partial charge in [0, 0.05) is 24.8 Å². The molecule has 5 nitrogen and oxygen atoms in total. The molecule has 0 unspecified atom stereocenters. The highest BCUT2D eigenvalue weighted by atomic mass is 19.1. The third-order valence-electron chi connectivity index (χ3n) is 6.82. The van der Waals surface area contributed by atoms with Gasteiger partial charge in [0.1, 0.15) is 11.6 Å². The number of methoxy groups -OCH3 is 1. The largest absolute Gasteiger partial charge is 0.497 e. The number of carbonyl (C=O) groups excluding carboxylic acids is 1. The maximum Gasteiger partial charge on any atom is 0.228 e. The molecule has 0 bridgehead atoms. The zero-order valence-corrected chi connectivity index (χ0v) is 18.4. The molecule has 4 rings (SSSR count). The molecule has 1 amide bonds. The van der Waals surface area contributed by atoms with Crippen LogP contribution in [0.15, 0.2) is 48.5 Å². The van der Waals surface area contributed by atoms with Crippen LogP contribution in [0, 0.1) is 17.7 Å². The highest BCUT2D eigenvalue weighted by Gasteiger charge is 2.39. The van der Waals surface area contributed by atoms with Crippen molar-refractivity contribution in [3.8, 4) is 5.75 Å². The van der Waals surface area contributed by atoms with Crippen molar-refractivity contribution in [2.45, 2.75) is 31.8 Å². The quantitative estimate of drug-likeness (QED) is 0.760. The molecule has 0 aliphatic carbocycles. The van der Waals surface area contributed by atoms with Crippen LogP contribution >= 0.6 is 0 Å². The molecule has 2 aromatic rings. The van der Waals surface area contributed by atoms with Crippen molar-refractivity contribution in [3.05, 3.63) is 59.9 Å². The van der Waals surface area contributed by atoms with Crippen molar-refractivity contribution in [3.63, 3.8) is 0 Å². The summed E-state index contributed by atoms with van der Waals surface area (Å²) in [7, 11) is 3.83. The van der Waals surface area contributed by atoms with Crippen LogP contribution in [0.3, 0.4) is 0 Å². The molecular weight excluding hydrogens is 393 g/mol. The molecule has 2 atom stereocenters. The first-order chi connectivity index (χ1) is 15.0. The minimum Gasteiger partial charge on any atom is -0.497 e. The van der Waals surface area contributed by atoms with E-state index in [1.807, 2.05) is 12.1 Å². The summed E-state index contributed by atoms with van der Waals surface area (Å²) in [6.07, 6.45) is 3.22. The Morgan fingerprint density at radius 3 is 2.42 bits per heavy atom. The zero-order valence-electron chi connectivity index (χ0n) is 18.4. The number of rotatable bonds is 6. The lowest BCUT2D eigenvalue weighted by molar-refractivity contribution is -0.119. The van der Waals surface area contributed by atoms with Crippen LogP contribution in [0.1, 0.15) is 24.8 Å². The number of ether oxygens (including phenoxy) is 1. The maximum absolute atomic E-state index is 13.1. The average molecular weight is 426 g/mol. The predicted octanol–water partition coefficient (Wildman–Crippen LogP) is 4.01. The molecule has 2 aliphatic rings. The number of amides is 1. The van der Waals surface area contributed by atoms with Crippen LogP contribution in [-0.2, 0) is 11.3 Å². The van der Waals surface area contributed by atoms with Gasteiger partial charge in [-0.3, -0.25) is 9.69 Å². The molecule has 2 saturated heterocycles. The normalized spacial score (nSPS) is 23.1. The number of nitrogens with zero attached hydrogens (tertiary/aromatic N) is 2. The molecule has 1 N–H and O–H groups in total. The molecule has 6 heteroatoms. The second kappa shape index (κ2) is 9.79. The van der Waals surface area contributed by atoms with Crippen LogP contribution < -0.4 is 10.1 Å². The molecule has 0 spiro atoms. The number of piperidine rings is 1. The molecule has 0 aromatic heterocycles. The number of benzene rings is 2. The third kappa shape index (κ3) is 5.43. The number of anilines is 1. The summed E-state index contributed by atoms with van der Waals surface area (Å²) in [5.41, 5.74) is 1.97. The van der Waals surface area contributed by atoms with E-state index >= 15 is 0 Å². The molecule has 2 fully saturated rings. The highest BCUT2D eigenvalue weighted by Crippen LogP contribution is 2.33.